The van der Waals surface area contributed by atoms with Crippen molar-refractivity contribution in [2.75, 3.05) is 18.1 Å². The molecule has 1 aliphatic heterocycles. The number of aliphatic hydroxyl groups is 1. The molecule has 39 heavy (non-hydrogen) atoms. The van der Waals surface area contributed by atoms with E-state index in [-0.39, 0.29) is 11.3 Å². The fourth-order valence-electron chi connectivity index (χ4n) is 4.47. The van der Waals surface area contributed by atoms with Crippen molar-refractivity contribution in [1.82, 2.24) is 4.98 Å². The second-order valence-electron chi connectivity index (χ2n) is 9.01. The highest BCUT2D eigenvalue weighted by molar-refractivity contribution is 7.22. The van der Waals surface area contributed by atoms with E-state index < -0.39 is 17.7 Å². The molecule has 1 fully saturated rings. The summed E-state index contributed by atoms with van der Waals surface area (Å²) in [6.07, 6.45) is 1.88. The number of hydrogen-bond donors (Lipinski definition) is 1. The molecule has 4 aromatic rings. The van der Waals surface area contributed by atoms with Crippen LogP contribution < -0.4 is 14.4 Å². The molecule has 1 atom stereocenters. The number of anilines is 1. The number of fused-ring (bicyclic) bond motifs is 1. The molecule has 1 saturated heterocycles. The van der Waals surface area contributed by atoms with E-state index in [1.54, 1.807) is 66.7 Å². The Kier molecular flexibility index (Phi) is 7.86. The maximum Gasteiger partial charge on any atom is 0.301 e. The smallest absolute Gasteiger partial charge is 0.301 e. The van der Waals surface area contributed by atoms with Crippen molar-refractivity contribution in [2.24, 2.45) is 0 Å². The molecule has 0 saturated carbocycles. The normalized spacial score (nSPS) is 16.7. The van der Waals surface area contributed by atoms with Crippen LogP contribution in [0.15, 0.2) is 72.3 Å². The molecule has 1 N–H and O–H groups in total. The van der Waals surface area contributed by atoms with Crippen molar-refractivity contribution in [3.05, 3.63) is 88.5 Å². The summed E-state index contributed by atoms with van der Waals surface area (Å²) < 4.78 is 12.2. The number of rotatable bonds is 9. The van der Waals surface area contributed by atoms with Crippen molar-refractivity contribution in [1.29, 1.82) is 0 Å². The van der Waals surface area contributed by atoms with Gasteiger partial charge < -0.3 is 14.6 Å². The number of amides is 1. The van der Waals surface area contributed by atoms with E-state index in [1.165, 1.54) is 16.2 Å². The first-order valence-electron chi connectivity index (χ1n) is 12.7. The first kappa shape index (κ1) is 26.7. The van der Waals surface area contributed by atoms with Crippen LogP contribution in [0, 0.1) is 0 Å². The minimum absolute atomic E-state index is 0.0212. The topological polar surface area (TPSA) is 89.0 Å². The van der Waals surface area contributed by atoms with Gasteiger partial charge in [0.1, 0.15) is 17.3 Å². The first-order valence-corrected chi connectivity index (χ1v) is 13.9. The number of benzene rings is 3. The van der Waals surface area contributed by atoms with Gasteiger partial charge >= 0.3 is 5.91 Å². The van der Waals surface area contributed by atoms with E-state index in [9.17, 15) is 14.7 Å². The maximum atomic E-state index is 13.5. The van der Waals surface area contributed by atoms with Gasteiger partial charge in [-0.25, -0.2) is 4.98 Å². The van der Waals surface area contributed by atoms with Gasteiger partial charge in [0.05, 0.1) is 35.0 Å². The Labute approximate surface area is 235 Å². The molecule has 0 radical (unpaired) electrons. The monoisotopic (exact) mass is 562 g/mol. The van der Waals surface area contributed by atoms with Crippen LogP contribution in [0.2, 0.25) is 5.02 Å². The van der Waals surface area contributed by atoms with Crippen molar-refractivity contribution in [3.63, 3.8) is 0 Å². The van der Waals surface area contributed by atoms with Gasteiger partial charge in [-0.1, -0.05) is 60.5 Å². The first-order chi connectivity index (χ1) is 18.9. The quantitative estimate of drug-likeness (QED) is 0.101. The molecule has 9 heteroatoms. The van der Waals surface area contributed by atoms with E-state index in [2.05, 4.69) is 11.9 Å². The molecule has 200 valence electrons. The molecule has 7 nitrogen and oxygen atoms in total. The Bertz CT molecular complexity index is 1560. The number of nitrogens with zero attached hydrogens (tertiary/aromatic N) is 2. The number of ether oxygens (including phenoxy) is 2. The molecule has 1 aliphatic rings. The van der Waals surface area contributed by atoms with E-state index >= 15 is 0 Å². The third kappa shape index (κ3) is 5.35. The Morgan fingerprint density at radius 3 is 2.56 bits per heavy atom. The molecule has 1 amide bonds. The Balaban J connectivity index is 1.64. The standard InChI is InChI=1S/C30H27ClN2O5S/c1-3-5-15-38-22-8-6-7-19(16-22)27(34)25-26(18-9-12-21(13-10-18)37-4-2)33(29(36)28(25)35)30-32-23-14-11-20(31)17-24(23)39-30/h6-14,16-17,26,34H,3-5,15H2,1-2H3. The molecule has 0 bridgehead atoms. The van der Waals surface area contributed by atoms with Crippen molar-refractivity contribution in [2.45, 2.75) is 32.7 Å². The molecule has 0 spiro atoms. The van der Waals surface area contributed by atoms with E-state index in [0.717, 1.165) is 17.5 Å². The van der Waals surface area contributed by atoms with E-state index in [4.69, 9.17) is 21.1 Å². The molecule has 5 rings (SSSR count). The SMILES string of the molecule is CCCCOc1cccc(C(O)=C2C(=O)C(=O)N(c3nc4ccc(Cl)cc4s3)C2c2ccc(OCC)cc2)c1. The molecular weight excluding hydrogens is 536 g/mol. The van der Waals surface area contributed by atoms with Crippen molar-refractivity contribution < 1.29 is 24.2 Å². The number of thiazole rings is 1. The van der Waals surface area contributed by atoms with Gasteiger partial charge in [-0.2, -0.15) is 0 Å². The van der Waals surface area contributed by atoms with Gasteiger partial charge in [0.25, 0.3) is 5.78 Å². The Morgan fingerprint density at radius 1 is 1.03 bits per heavy atom. The summed E-state index contributed by atoms with van der Waals surface area (Å²) >= 11 is 7.43. The number of ketones is 1. The third-order valence-corrected chi connectivity index (χ3v) is 7.62. The Morgan fingerprint density at radius 2 is 1.82 bits per heavy atom. The highest BCUT2D eigenvalue weighted by Crippen LogP contribution is 2.45. The third-order valence-electron chi connectivity index (χ3n) is 6.37. The number of aliphatic hydroxyl groups excluding tert-OH is 1. The average Bonchev–Trinajstić information content (AvgIpc) is 3.46. The minimum Gasteiger partial charge on any atom is -0.507 e. The lowest BCUT2D eigenvalue weighted by Gasteiger charge is -2.23. The van der Waals surface area contributed by atoms with E-state index in [1.807, 2.05) is 6.92 Å². The van der Waals surface area contributed by atoms with Crippen LogP contribution in [0.5, 0.6) is 11.5 Å². The summed E-state index contributed by atoms with van der Waals surface area (Å²) in [5.41, 5.74) is 1.65. The summed E-state index contributed by atoms with van der Waals surface area (Å²) in [5.74, 6) is -0.607. The summed E-state index contributed by atoms with van der Waals surface area (Å²) in [4.78, 5) is 33.0. The predicted molar refractivity (Wildman–Crippen MR) is 154 cm³/mol. The predicted octanol–water partition coefficient (Wildman–Crippen LogP) is 7.15. The molecular formula is C30H27ClN2O5S. The van der Waals surface area contributed by atoms with Gasteiger partial charge in [-0.3, -0.25) is 14.5 Å². The van der Waals surface area contributed by atoms with E-state index in [0.29, 0.717) is 51.5 Å². The lowest BCUT2D eigenvalue weighted by atomic mass is 9.95. The second kappa shape index (κ2) is 11.5. The fraction of sp³-hybridized carbons (Fsp3) is 0.233. The zero-order valence-electron chi connectivity index (χ0n) is 21.5. The summed E-state index contributed by atoms with van der Waals surface area (Å²) in [7, 11) is 0. The fourth-order valence-corrected chi connectivity index (χ4v) is 5.74. The average molecular weight is 563 g/mol. The number of carbonyl (C=O) groups excluding carboxylic acids is 2. The summed E-state index contributed by atoms with van der Waals surface area (Å²) in [6.45, 7) is 5.01. The molecule has 2 heterocycles. The summed E-state index contributed by atoms with van der Waals surface area (Å²) in [5, 5.41) is 12.4. The largest absolute Gasteiger partial charge is 0.507 e. The van der Waals surface area contributed by atoms with Crippen LogP contribution >= 0.6 is 22.9 Å². The lowest BCUT2D eigenvalue weighted by molar-refractivity contribution is -0.132. The zero-order valence-corrected chi connectivity index (χ0v) is 23.1. The van der Waals surface area contributed by atoms with Gasteiger partial charge in [0, 0.05) is 10.6 Å². The summed E-state index contributed by atoms with van der Waals surface area (Å²) in [6, 6.07) is 18.4. The van der Waals surface area contributed by atoms with Crippen LogP contribution in [-0.2, 0) is 9.59 Å². The number of halogens is 1. The number of Topliss-reactive ketones (excluding diaryl/α,β-unsaturated/α-hetero) is 1. The van der Waals surface area contributed by atoms with Gasteiger partial charge in [0.2, 0.25) is 0 Å². The minimum atomic E-state index is -0.902. The molecule has 1 unspecified atom stereocenters. The van der Waals surface area contributed by atoms with Crippen LogP contribution in [0.3, 0.4) is 0 Å². The second-order valence-corrected chi connectivity index (χ2v) is 10.5. The van der Waals surface area contributed by atoms with Crippen molar-refractivity contribution >= 4 is 55.7 Å². The molecule has 0 aliphatic carbocycles. The lowest BCUT2D eigenvalue weighted by Crippen LogP contribution is -2.29. The van der Waals surface area contributed by atoms with Crippen LogP contribution in [0.25, 0.3) is 16.0 Å². The zero-order chi connectivity index (χ0) is 27.5. The van der Waals surface area contributed by atoms with Gasteiger partial charge in [-0.15, -0.1) is 0 Å². The molecule has 3 aromatic carbocycles. The maximum absolute atomic E-state index is 13.5. The van der Waals surface area contributed by atoms with Crippen LogP contribution in [-0.4, -0.2) is 35.0 Å². The van der Waals surface area contributed by atoms with Crippen LogP contribution in [0.4, 0.5) is 5.13 Å². The Hall–Kier alpha value is -3.88. The number of carbonyl (C=O) groups is 2. The number of aromatic nitrogens is 1. The van der Waals surface area contributed by atoms with Gasteiger partial charge in [0.15, 0.2) is 5.13 Å². The van der Waals surface area contributed by atoms with Crippen LogP contribution in [0.1, 0.15) is 43.9 Å². The number of hydrogen-bond acceptors (Lipinski definition) is 7. The van der Waals surface area contributed by atoms with Gasteiger partial charge in [-0.05, 0) is 61.4 Å². The molecule has 1 aromatic heterocycles. The highest BCUT2D eigenvalue weighted by Gasteiger charge is 2.48. The number of unbranched alkanes of at least 4 members (excludes halogenated alkanes) is 1. The van der Waals surface area contributed by atoms with Crippen molar-refractivity contribution in [3.8, 4) is 11.5 Å². The highest BCUT2D eigenvalue weighted by atomic mass is 35.5.